The molecule has 0 spiro atoms. The summed E-state index contributed by atoms with van der Waals surface area (Å²) in [5.41, 5.74) is 8.70. The van der Waals surface area contributed by atoms with Gasteiger partial charge in [-0.1, -0.05) is 60.7 Å². The number of benzene rings is 4. The van der Waals surface area contributed by atoms with Crippen LogP contribution in [0.3, 0.4) is 0 Å². The van der Waals surface area contributed by atoms with Crippen LogP contribution in [0.4, 0.5) is 21.5 Å². The number of para-hydroxylation sites is 2. The van der Waals surface area contributed by atoms with Gasteiger partial charge < -0.3 is 4.90 Å². The summed E-state index contributed by atoms with van der Waals surface area (Å²) in [5, 5.41) is 0. The quantitative estimate of drug-likeness (QED) is 0.405. The first-order valence-corrected chi connectivity index (χ1v) is 9.20. The van der Waals surface area contributed by atoms with Gasteiger partial charge in [-0.15, -0.1) is 0 Å². The van der Waals surface area contributed by atoms with Crippen LogP contribution in [0.1, 0.15) is 0 Å². The number of fused-ring (bicyclic) bond motifs is 5. The van der Waals surface area contributed by atoms with E-state index in [0.29, 0.717) is 0 Å². The third-order valence-corrected chi connectivity index (χ3v) is 5.75. The highest BCUT2D eigenvalue weighted by Crippen LogP contribution is 2.40. The Kier molecular flexibility index (Phi) is 2.93. The lowest BCUT2D eigenvalue weighted by molar-refractivity contribution is 0.636. The van der Waals surface area contributed by atoms with Crippen LogP contribution in [0, 0.1) is 5.82 Å². The van der Waals surface area contributed by atoms with Gasteiger partial charge in [0.15, 0.2) is 0 Å². The third kappa shape index (κ3) is 1.89. The van der Waals surface area contributed by atoms with Gasteiger partial charge in [-0.05, 0) is 57.8 Å². The zero-order chi connectivity index (χ0) is 18.0. The van der Waals surface area contributed by atoms with Crippen molar-refractivity contribution >= 4 is 40.2 Å². The second-order valence-electron chi connectivity index (χ2n) is 7.10. The Balaban J connectivity index is 1.74. The van der Waals surface area contributed by atoms with Crippen LogP contribution < -0.4 is 21.3 Å². The standard InChI is InChI=1S/C24H15BFN/c26-20-13-6-10-17-18-11-7-15-22-24(18)25(23(17)20)19-12-4-5-14-21(19)27(22)16-8-2-1-3-9-16/h1-15H. The second kappa shape index (κ2) is 5.34. The highest BCUT2D eigenvalue weighted by Gasteiger charge is 2.43. The normalized spacial score (nSPS) is 13.2. The van der Waals surface area contributed by atoms with Gasteiger partial charge in [0, 0.05) is 17.1 Å². The molecule has 4 aromatic carbocycles. The fraction of sp³-hybridized carbons (Fsp3) is 0. The third-order valence-electron chi connectivity index (χ3n) is 5.75. The fourth-order valence-electron chi connectivity index (χ4n) is 4.73. The minimum Gasteiger partial charge on any atom is -0.312 e. The molecule has 0 unspecified atom stereocenters. The minimum atomic E-state index is -0.123. The van der Waals surface area contributed by atoms with E-state index in [-0.39, 0.29) is 12.5 Å². The predicted octanol–water partition coefficient (Wildman–Crippen LogP) is 4.11. The maximum Gasteiger partial charge on any atom is 0.252 e. The Labute approximate surface area is 157 Å². The molecular formula is C24H15BFN. The van der Waals surface area contributed by atoms with Crippen molar-refractivity contribution in [2.45, 2.75) is 0 Å². The van der Waals surface area contributed by atoms with Gasteiger partial charge in [0.2, 0.25) is 0 Å². The number of hydrogen-bond donors (Lipinski definition) is 0. The first-order valence-electron chi connectivity index (χ1n) is 9.20. The number of hydrogen-bond acceptors (Lipinski definition) is 1. The molecule has 0 aromatic heterocycles. The van der Waals surface area contributed by atoms with E-state index in [1.807, 2.05) is 18.2 Å². The van der Waals surface area contributed by atoms with Crippen molar-refractivity contribution in [3.63, 3.8) is 0 Å². The van der Waals surface area contributed by atoms with Crippen LogP contribution >= 0.6 is 0 Å². The highest BCUT2D eigenvalue weighted by atomic mass is 19.1. The predicted molar refractivity (Wildman–Crippen MR) is 111 cm³/mol. The molecule has 2 heterocycles. The van der Waals surface area contributed by atoms with Crippen molar-refractivity contribution in [1.82, 2.24) is 0 Å². The first kappa shape index (κ1) is 14.8. The molecule has 0 aliphatic carbocycles. The summed E-state index contributed by atoms with van der Waals surface area (Å²) in [6.07, 6.45) is 0. The Hall–Kier alpha value is -3.33. The van der Waals surface area contributed by atoms with E-state index in [1.165, 1.54) is 5.46 Å². The maximum absolute atomic E-state index is 14.9. The van der Waals surface area contributed by atoms with Gasteiger partial charge in [0.1, 0.15) is 5.82 Å². The summed E-state index contributed by atoms with van der Waals surface area (Å²) in [4.78, 5) is 2.30. The van der Waals surface area contributed by atoms with Crippen LogP contribution in [-0.2, 0) is 0 Å². The van der Waals surface area contributed by atoms with Gasteiger partial charge in [-0.2, -0.15) is 0 Å². The molecule has 0 N–H and O–H groups in total. The lowest BCUT2D eigenvalue weighted by atomic mass is 9.37. The molecule has 6 rings (SSSR count). The van der Waals surface area contributed by atoms with E-state index in [0.717, 1.165) is 39.1 Å². The van der Waals surface area contributed by atoms with Crippen molar-refractivity contribution in [1.29, 1.82) is 0 Å². The Morgan fingerprint density at radius 3 is 2.11 bits per heavy atom. The number of anilines is 3. The van der Waals surface area contributed by atoms with Crippen molar-refractivity contribution in [2.75, 3.05) is 4.90 Å². The number of rotatable bonds is 1. The van der Waals surface area contributed by atoms with Gasteiger partial charge in [0.05, 0.1) is 0 Å². The average Bonchev–Trinajstić information content (AvgIpc) is 3.07. The molecule has 2 aliphatic heterocycles. The lowest BCUT2D eigenvalue weighted by Crippen LogP contribution is -2.55. The lowest BCUT2D eigenvalue weighted by Gasteiger charge is -2.35. The summed E-state index contributed by atoms with van der Waals surface area (Å²) in [6, 6.07) is 30.6. The topological polar surface area (TPSA) is 3.24 Å². The summed E-state index contributed by atoms with van der Waals surface area (Å²) in [7, 11) is 0. The zero-order valence-corrected chi connectivity index (χ0v) is 14.6. The molecule has 27 heavy (non-hydrogen) atoms. The first-order chi connectivity index (χ1) is 13.3. The van der Waals surface area contributed by atoms with Crippen LogP contribution in [0.5, 0.6) is 0 Å². The molecule has 0 fully saturated rings. The van der Waals surface area contributed by atoms with Crippen LogP contribution in [0.15, 0.2) is 91.0 Å². The van der Waals surface area contributed by atoms with Crippen molar-refractivity contribution < 1.29 is 4.39 Å². The van der Waals surface area contributed by atoms with Crippen molar-refractivity contribution in [3.8, 4) is 11.1 Å². The molecule has 126 valence electrons. The van der Waals surface area contributed by atoms with Gasteiger partial charge in [-0.3, -0.25) is 0 Å². The fourth-order valence-corrected chi connectivity index (χ4v) is 4.73. The smallest absolute Gasteiger partial charge is 0.252 e. The van der Waals surface area contributed by atoms with Crippen molar-refractivity contribution in [2.24, 2.45) is 0 Å². The molecule has 0 radical (unpaired) electrons. The SMILES string of the molecule is Fc1cccc2c1B1c3ccccc3N(c3ccccc3)c3cccc-2c31. The molecule has 0 saturated carbocycles. The summed E-state index contributed by atoms with van der Waals surface area (Å²) in [6.45, 7) is -0.0523. The highest BCUT2D eigenvalue weighted by molar-refractivity contribution is 7.01. The Morgan fingerprint density at radius 2 is 1.26 bits per heavy atom. The number of nitrogens with zero attached hydrogens (tertiary/aromatic N) is 1. The maximum atomic E-state index is 14.9. The molecule has 0 bridgehead atoms. The Bertz CT molecular complexity index is 1200. The average molecular weight is 347 g/mol. The summed E-state index contributed by atoms with van der Waals surface area (Å²) >= 11 is 0. The molecule has 3 heteroatoms. The summed E-state index contributed by atoms with van der Waals surface area (Å²) in [5.74, 6) is -0.123. The van der Waals surface area contributed by atoms with E-state index < -0.39 is 0 Å². The summed E-state index contributed by atoms with van der Waals surface area (Å²) < 4.78 is 14.9. The molecule has 4 aromatic rings. The van der Waals surface area contributed by atoms with Gasteiger partial charge in [-0.25, -0.2) is 4.39 Å². The van der Waals surface area contributed by atoms with E-state index in [1.54, 1.807) is 6.07 Å². The van der Waals surface area contributed by atoms with E-state index in [4.69, 9.17) is 0 Å². The van der Waals surface area contributed by atoms with Crippen LogP contribution in [-0.4, -0.2) is 6.71 Å². The Morgan fingerprint density at radius 1 is 0.593 bits per heavy atom. The minimum absolute atomic E-state index is 0.0523. The zero-order valence-electron chi connectivity index (χ0n) is 14.6. The molecular weight excluding hydrogens is 332 g/mol. The molecule has 0 amide bonds. The molecule has 2 aliphatic rings. The van der Waals surface area contributed by atoms with Gasteiger partial charge >= 0.3 is 0 Å². The molecule has 1 nitrogen and oxygen atoms in total. The van der Waals surface area contributed by atoms with E-state index >= 15 is 0 Å². The van der Waals surface area contributed by atoms with E-state index in [9.17, 15) is 4.39 Å². The monoisotopic (exact) mass is 347 g/mol. The van der Waals surface area contributed by atoms with Crippen molar-refractivity contribution in [3.05, 3.63) is 96.8 Å². The second-order valence-corrected chi connectivity index (χ2v) is 7.10. The van der Waals surface area contributed by atoms with Crippen LogP contribution in [0.25, 0.3) is 11.1 Å². The van der Waals surface area contributed by atoms with E-state index in [2.05, 4.69) is 71.6 Å². The molecule has 0 saturated heterocycles. The largest absolute Gasteiger partial charge is 0.312 e. The van der Waals surface area contributed by atoms with Crippen LogP contribution in [0.2, 0.25) is 0 Å². The van der Waals surface area contributed by atoms with Gasteiger partial charge in [0.25, 0.3) is 6.71 Å². The molecule has 0 atom stereocenters. The number of halogens is 1.